The maximum atomic E-state index is 11.4. The molecule has 3 aliphatic heterocycles. The molecule has 0 unspecified atom stereocenters. The van der Waals surface area contributed by atoms with Gasteiger partial charge in [0, 0.05) is 0 Å². The van der Waals surface area contributed by atoms with Crippen molar-refractivity contribution in [1.82, 2.24) is 5.32 Å². The Hall–Kier alpha value is -1.30. The molecule has 148 valence electrons. The van der Waals surface area contributed by atoms with Crippen LogP contribution in [0.2, 0.25) is 0 Å². The molecule has 26 heavy (non-hydrogen) atoms. The van der Waals surface area contributed by atoms with Crippen molar-refractivity contribution in [2.24, 2.45) is 5.73 Å². The minimum absolute atomic E-state index is 0.0155. The van der Waals surface area contributed by atoms with Gasteiger partial charge in [0.2, 0.25) is 11.7 Å². The molecular weight excluding hydrogens is 348 g/mol. The molecule has 1 amide bonds. The molecule has 3 aliphatic rings. The summed E-state index contributed by atoms with van der Waals surface area (Å²) in [6.45, 7) is 7.28. The summed E-state index contributed by atoms with van der Waals surface area (Å²) in [4.78, 5) is 22.5. The molecule has 0 aromatic carbocycles. The van der Waals surface area contributed by atoms with E-state index in [9.17, 15) is 14.7 Å². The van der Waals surface area contributed by atoms with Gasteiger partial charge in [-0.05, 0) is 27.7 Å². The molecule has 10 heteroatoms. The predicted molar refractivity (Wildman–Crippen MR) is 85.8 cm³/mol. The Kier molecular flexibility index (Phi) is 4.79. The minimum Gasteiger partial charge on any atom is -0.480 e. The van der Waals surface area contributed by atoms with E-state index in [-0.39, 0.29) is 25.7 Å². The van der Waals surface area contributed by atoms with Crippen LogP contribution in [0.4, 0.5) is 0 Å². The second kappa shape index (κ2) is 6.39. The molecule has 3 fully saturated rings. The number of primary amides is 1. The van der Waals surface area contributed by atoms with Crippen LogP contribution in [0.15, 0.2) is 0 Å². The fraction of sp³-hybridized carbons (Fsp3) is 0.875. The van der Waals surface area contributed by atoms with E-state index >= 15 is 0 Å². The average molecular weight is 374 g/mol. The van der Waals surface area contributed by atoms with Crippen LogP contribution in [-0.2, 0) is 33.3 Å². The van der Waals surface area contributed by atoms with E-state index < -0.39 is 47.5 Å². The summed E-state index contributed by atoms with van der Waals surface area (Å²) >= 11 is 0. The van der Waals surface area contributed by atoms with Crippen molar-refractivity contribution in [3.8, 4) is 0 Å². The zero-order chi connectivity index (χ0) is 19.3. The predicted octanol–water partition coefficient (Wildman–Crippen LogP) is -0.697. The highest BCUT2D eigenvalue weighted by Gasteiger charge is 2.65. The number of ether oxygens (including phenoxy) is 5. The summed E-state index contributed by atoms with van der Waals surface area (Å²) in [5.74, 6) is -4.92. The van der Waals surface area contributed by atoms with E-state index in [0.29, 0.717) is 0 Å². The van der Waals surface area contributed by atoms with E-state index in [0.717, 1.165) is 0 Å². The van der Waals surface area contributed by atoms with Gasteiger partial charge in [-0.25, -0.2) is 0 Å². The Bertz CT molecular complexity index is 595. The first-order valence-electron chi connectivity index (χ1n) is 8.55. The number of nitrogens with one attached hydrogen (secondary N) is 1. The number of carboxylic acid groups (broad SMARTS) is 1. The van der Waals surface area contributed by atoms with E-state index in [4.69, 9.17) is 29.4 Å². The van der Waals surface area contributed by atoms with Gasteiger partial charge in [0.15, 0.2) is 11.6 Å². The lowest BCUT2D eigenvalue weighted by Crippen LogP contribution is -2.63. The normalized spacial score (nSPS) is 38.4. The number of carbonyl (C=O) groups excluding carboxylic acids is 1. The zero-order valence-corrected chi connectivity index (χ0v) is 15.3. The summed E-state index contributed by atoms with van der Waals surface area (Å²) in [5.41, 5.74) is 5.12. The molecule has 5 atom stereocenters. The maximum Gasteiger partial charge on any atom is 0.321 e. The van der Waals surface area contributed by atoms with Gasteiger partial charge in [-0.1, -0.05) is 0 Å². The number of nitrogens with two attached hydrogens (primary N) is 1. The van der Waals surface area contributed by atoms with Crippen molar-refractivity contribution < 1.29 is 38.4 Å². The van der Waals surface area contributed by atoms with Gasteiger partial charge in [-0.2, -0.15) is 0 Å². The lowest BCUT2D eigenvalue weighted by atomic mass is 9.96. The van der Waals surface area contributed by atoms with Crippen LogP contribution < -0.4 is 11.1 Å². The highest BCUT2D eigenvalue weighted by atomic mass is 16.9. The van der Waals surface area contributed by atoms with Crippen LogP contribution in [0.5, 0.6) is 0 Å². The van der Waals surface area contributed by atoms with Crippen molar-refractivity contribution >= 4 is 11.9 Å². The smallest absolute Gasteiger partial charge is 0.321 e. The molecule has 4 N–H and O–H groups in total. The van der Waals surface area contributed by atoms with Crippen LogP contribution in [-0.4, -0.2) is 71.8 Å². The highest BCUT2D eigenvalue weighted by Crippen LogP contribution is 2.47. The fourth-order valence-electron chi connectivity index (χ4n) is 3.70. The van der Waals surface area contributed by atoms with Gasteiger partial charge in [-0.3, -0.25) is 14.9 Å². The quantitative estimate of drug-likeness (QED) is 0.551. The van der Waals surface area contributed by atoms with E-state index in [1.165, 1.54) is 0 Å². The Labute approximate surface area is 151 Å². The van der Waals surface area contributed by atoms with E-state index in [1.807, 2.05) is 0 Å². The van der Waals surface area contributed by atoms with Gasteiger partial charge in [-0.15, -0.1) is 0 Å². The maximum absolute atomic E-state index is 11.4. The third-order valence-electron chi connectivity index (χ3n) is 4.57. The summed E-state index contributed by atoms with van der Waals surface area (Å²) in [6, 6.07) is -1.16. The SMILES string of the molecule is CC1(C)O[C@@H]2[C@@H](CO[C@@]3(CN[C@H](CC(N)=O)C(=O)O)OC(C)(C)O[C@@H]23)O1. The minimum atomic E-state index is -1.26. The molecular formula is C16H26N2O8. The largest absolute Gasteiger partial charge is 0.480 e. The molecule has 0 spiro atoms. The Balaban J connectivity index is 1.79. The number of hydrogen-bond donors (Lipinski definition) is 3. The summed E-state index contributed by atoms with van der Waals surface area (Å²) in [7, 11) is 0. The van der Waals surface area contributed by atoms with Crippen molar-refractivity contribution in [2.75, 3.05) is 13.2 Å². The van der Waals surface area contributed by atoms with Crippen LogP contribution in [0.3, 0.4) is 0 Å². The number of carboxylic acids is 1. The molecule has 0 aromatic heterocycles. The lowest BCUT2D eigenvalue weighted by Gasteiger charge is -2.41. The first-order valence-corrected chi connectivity index (χ1v) is 8.55. The second-order valence-electron chi connectivity index (χ2n) is 7.74. The molecule has 0 bridgehead atoms. The standard InChI is InChI=1S/C16H26N2O8/c1-14(2)23-9-6-22-16(7-18-8(13(20)21)5-10(17)19)12(11(9)24-14)25-15(3,4)26-16/h8-9,11-12,18H,5-7H2,1-4H3,(H2,17,19)(H,20,21)/t8-,9-,11-,12+,16+/m1/s1. The number of hydrogen-bond acceptors (Lipinski definition) is 8. The molecule has 3 rings (SSSR count). The Morgan fingerprint density at radius 2 is 1.88 bits per heavy atom. The molecule has 0 aliphatic carbocycles. The van der Waals surface area contributed by atoms with Crippen molar-refractivity contribution in [2.45, 2.75) is 75.8 Å². The third-order valence-corrected chi connectivity index (χ3v) is 4.57. The van der Waals surface area contributed by atoms with Gasteiger partial charge in [0.05, 0.1) is 19.6 Å². The monoisotopic (exact) mass is 374 g/mol. The number of amides is 1. The molecule has 3 saturated heterocycles. The average Bonchev–Trinajstić information content (AvgIpc) is 2.94. The van der Waals surface area contributed by atoms with Crippen LogP contribution in [0, 0.1) is 0 Å². The molecule has 3 heterocycles. The van der Waals surface area contributed by atoms with Crippen LogP contribution in [0.25, 0.3) is 0 Å². The topological polar surface area (TPSA) is 139 Å². The highest BCUT2D eigenvalue weighted by molar-refractivity contribution is 5.83. The molecule has 0 saturated carbocycles. The first kappa shape index (κ1) is 19.5. The van der Waals surface area contributed by atoms with Crippen LogP contribution >= 0.6 is 0 Å². The zero-order valence-electron chi connectivity index (χ0n) is 15.3. The summed E-state index contributed by atoms with van der Waals surface area (Å²) in [5, 5.41) is 12.1. The Morgan fingerprint density at radius 3 is 2.50 bits per heavy atom. The molecule has 0 aromatic rings. The summed E-state index contributed by atoms with van der Waals surface area (Å²) in [6.07, 6.45) is -1.73. The van der Waals surface area contributed by atoms with E-state index in [2.05, 4.69) is 5.32 Å². The van der Waals surface area contributed by atoms with Crippen LogP contribution in [0.1, 0.15) is 34.1 Å². The van der Waals surface area contributed by atoms with Gasteiger partial charge < -0.3 is 34.5 Å². The number of rotatable bonds is 6. The van der Waals surface area contributed by atoms with Gasteiger partial charge in [0.25, 0.3) is 0 Å². The van der Waals surface area contributed by atoms with Crippen molar-refractivity contribution in [3.63, 3.8) is 0 Å². The Morgan fingerprint density at radius 1 is 1.19 bits per heavy atom. The molecule has 10 nitrogen and oxygen atoms in total. The lowest BCUT2D eigenvalue weighted by molar-refractivity contribution is -0.278. The third kappa shape index (κ3) is 3.71. The second-order valence-corrected chi connectivity index (χ2v) is 7.74. The number of carbonyl (C=O) groups is 2. The van der Waals surface area contributed by atoms with Gasteiger partial charge in [0.1, 0.15) is 24.4 Å². The number of fused-ring (bicyclic) bond motifs is 3. The van der Waals surface area contributed by atoms with E-state index in [1.54, 1.807) is 27.7 Å². The first-order chi connectivity index (χ1) is 11.9. The number of aliphatic carboxylic acids is 1. The van der Waals surface area contributed by atoms with Gasteiger partial charge >= 0.3 is 5.97 Å². The van der Waals surface area contributed by atoms with Crippen molar-refractivity contribution in [1.29, 1.82) is 0 Å². The fourth-order valence-corrected chi connectivity index (χ4v) is 3.70. The summed E-state index contributed by atoms with van der Waals surface area (Å²) < 4.78 is 29.8. The van der Waals surface area contributed by atoms with Crippen molar-refractivity contribution in [3.05, 3.63) is 0 Å². The molecule has 0 radical (unpaired) electrons.